The summed E-state index contributed by atoms with van der Waals surface area (Å²) < 4.78 is 0. The lowest BCUT2D eigenvalue weighted by Gasteiger charge is -2.04. The van der Waals surface area contributed by atoms with Crippen molar-refractivity contribution in [1.29, 1.82) is 0 Å². The summed E-state index contributed by atoms with van der Waals surface area (Å²) in [5.74, 6) is -0.906. The van der Waals surface area contributed by atoms with Crippen LogP contribution < -0.4 is 5.11 Å². The van der Waals surface area contributed by atoms with E-state index in [9.17, 15) is 9.90 Å². The fourth-order valence-corrected chi connectivity index (χ4v) is 3.74. The highest BCUT2D eigenvalue weighted by molar-refractivity contribution is 5.63. The van der Waals surface area contributed by atoms with E-state index < -0.39 is 5.97 Å². The highest BCUT2D eigenvalue weighted by Crippen LogP contribution is 2.15. The van der Waals surface area contributed by atoms with Gasteiger partial charge in [-0.3, -0.25) is 0 Å². The lowest BCUT2D eigenvalue weighted by atomic mass is 10.0. The first-order valence-corrected chi connectivity index (χ1v) is 12.1. The van der Waals surface area contributed by atoms with E-state index in [4.69, 9.17) is 5.11 Å². The topological polar surface area (TPSA) is 60.4 Å². The molecule has 0 amide bonds. The average molecular weight is 384 g/mol. The van der Waals surface area contributed by atoms with Gasteiger partial charge in [-0.15, -0.1) is 0 Å². The van der Waals surface area contributed by atoms with E-state index >= 15 is 0 Å². The first-order valence-electron chi connectivity index (χ1n) is 12.1. The molecule has 0 saturated heterocycles. The van der Waals surface area contributed by atoms with Gasteiger partial charge >= 0.3 is 0 Å². The lowest BCUT2D eigenvalue weighted by molar-refractivity contribution is -0.305. The van der Waals surface area contributed by atoms with Gasteiger partial charge in [-0.1, -0.05) is 122 Å². The average Bonchev–Trinajstić information content (AvgIpc) is 2.65. The zero-order valence-electron chi connectivity index (χ0n) is 18.0. The van der Waals surface area contributed by atoms with Crippen molar-refractivity contribution in [2.75, 3.05) is 6.61 Å². The van der Waals surface area contributed by atoms with Crippen LogP contribution in [0.4, 0.5) is 0 Å². The van der Waals surface area contributed by atoms with Crippen LogP contribution in [0.25, 0.3) is 0 Å². The summed E-state index contributed by atoms with van der Waals surface area (Å²) in [6, 6.07) is 0. The van der Waals surface area contributed by atoms with Crippen molar-refractivity contribution in [1.82, 2.24) is 0 Å². The molecule has 0 rings (SSSR count). The van der Waals surface area contributed by atoms with E-state index in [1.54, 1.807) is 0 Å². The van der Waals surface area contributed by atoms with E-state index in [1.165, 1.54) is 116 Å². The standard InChI is InChI=1S/C24H48O3/c25-23-21-19-17-15-13-11-9-7-5-3-1-2-4-6-8-10-12-14-16-18-20-22-24(26)27/h25H,1-23H2,(H,26,27)/p-1. The van der Waals surface area contributed by atoms with Crippen LogP contribution in [0.5, 0.6) is 0 Å². The minimum Gasteiger partial charge on any atom is -0.550 e. The number of carbonyl (C=O) groups excluding carboxylic acids is 1. The number of aliphatic hydroxyl groups excluding tert-OH is 1. The van der Waals surface area contributed by atoms with Crippen molar-refractivity contribution >= 4 is 5.97 Å². The highest BCUT2D eigenvalue weighted by atomic mass is 16.4. The van der Waals surface area contributed by atoms with Crippen LogP contribution in [-0.2, 0) is 4.79 Å². The molecule has 0 spiro atoms. The summed E-state index contributed by atoms with van der Waals surface area (Å²) in [4.78, 5) is 10.3. The maximum absolute atomic E-state index is 10.3. The summed E-state index contributed by atoms with van der Waals surface area (Å²) in [7, 11) is 0. The van der Waals surface area contributed by atoms with E-state index in [0.717, 1.165) is 19.3 Å². The van der Waals surface area contributed by atoms with Crippen LogP contribution in [0.15, 0.2) is 0 Å². The van der Waals surface area contributed by atoms with E-state index in [0.29, 0.717) is 6.61 Å². The third kappa shape index (κ3) is 25.4. The molecule has 0 saturated carbocycles. The summed E-state index contributed by atoms with van der Waals surface area (Å²) in [6.45, 7) is 0.357. The molecule has 0 bridgehead atoms. The van der Waals surface area contributed by atoms with Crippen molar-refractivity contribution in [2.24, 2.45) is 0 Å². The Labute approximate surface area is 169 Å². The number of carboxylic acid groups (broad SMARTS) is 1. The fourth-order valence-electron chi connectivity index (χ4n) is 3.74. The zero-order chi connectivity index (χ0) is 19.8. The SMILES string of the molecule is O=C([O-])CCCCCCCCCCCCCCCCCCCCCCCO. The van der Waals surface area contributed by atoms with Gasteiger partial charge in [0.25, 0.3) is 0 Å². The molecule has 0 radical (unpaired) electrons. The normalized spacial score (nSPS) is 11.1. The maximum atomic E-state index is 10.3. The minimum atomic E-state index is -0.906. The van der Waals surface area contributed by atoms with Gasteiger partial charge in [0.05, 0.1) is 0 Å². The van der Waals surface area contributed by atoms with Crippen LogP contribution in [0, 0.1) is 0 Å². The molecule has 0 aliphatic carbocycles. The van der Waals surface area contributed by atoms with Gasteiger partial charge in [0, 0.05) is 12.6 Å². The van der Waals surface area contributed by atoms with Gasteiger partial charge in [0.2, 0.25) is 0 Å². The lowest BCUT2D eigenvalue weighted by Crippen LogP contribution is -2.21. The first kappa shape index (κ1) is 26.4. The Morgan fingerprint density at radius 3 is 0.889 bits per heavy atom. The predicted molar refractivity (Wildman–Crippen MR) is 114 cm³/mol. The van der Waals surface area contributed by atoms with Gasteiger partial charge in [0.15, 0.2) is 0 Å². The Morgan fingerprint density at radius 1 is 0.444 bits per heavy atom. The number of carboxylic acids is 1. The van der Waals surface area contributed by atoms with Crippen LogP contribution in [0.1, 0.15) is 141 Å². The second-order valence-corrected chi connectivity index (χ2v) is 8.27. The van der Waals surface area contributed by atoms with Crippen LogP contribution in [-0.4, -0.2) is 17.7 Å². The number of rotatable bonds is 23. The molecule has 162 valence electrons. The molecule has 27 heavy (non-hydrogen) atoms. The first-order chi connectivity index (χ1) is 13.3. The van der Waals surface area contributed by atoms with Gasteiger partial charge in [-0.05, 0) is 19.3 Å². The summed E-state index contributed by atoms with van der Waals surface area (Å²) in [5.41, 5.74) is 0. The molecule has 0 aliphatic rings. The van der Waals surface area contributed by atoms with Crippen molar-refractivity contribution in [3.05, 3.63) is 0 Å². The van der Waals surface area contributed by atoms with E-state index in [-0.39, 0.29) is 6.42 Å². The van der Waals surface area contributed by atoms with Crippen LogP contribution in [0.3, 0.4) is 0 Å². The quantitative estimate of drug-likeness (QED) is 0.210. The molecule has 0 aromatic rings. The molecule has 0 aromatic heterocycles. The number of aliphatic carboxylic acids is 1. The molecule has 0 atom stereocenters. The molecule has 0 fully saturated rings. The Kier molecular flexibility index (Phi) is 23.0. The number of hydrogen-bond acceptors (Lipinski definition) is 3. The van der Waals surface area contributed by atoms with Gasteiger partial charge < -0.3 is 15.0 Å². The second kappa shape index (κ2) is 23.5. The number of hydrogen-bond donors (Lipinski definition) is 1. The minimum absolute atomic E-state index is 0.228. The van der Waals surface area contributed by atoms with Crippen molar-refractivity contribution < 1.29 is 15.0 Å². The molecule has 1 N–H and O–H groups in total. The van der Waals surface area contributed by atoms with E-state index in [2.05, 4.69) is 0 Å². The molecule has 0 aliphatic heterocycles. The molecule has 3 heteroatoms. The summed E-state index contributed by atoms with van der Waals surface area (Å²) >= 11 is 0. The molecular formula is C24H47O3-. The van der Waals surface area contributed by atoms with E-state index in [1.807, 2.05) is 0 Å². The second-order valence-electron chi connectivity index (χ2n) is 8.27. The monoisotopic (exact) mass is 383 g/mol. The smallest absolute Gasteiger partial charge is 0.0431 e. The Balaban J connectivity index is 2.98. The molecule has 0 aromatic carbocycles. The van der Waals surface area contributed by atoms with Gasteiger partial charge in [-0.25, -0.2) is 0 Å². The Bertz CT molecular complexity index is 291. The van der Waals surface area contributed by atoms with Crippen molar-refractivity contribution in [3.8, 4) is 0 Å². The molecule has 0 heterocycles. The third-order valence-corrected chi connectivity index (χ3v) is 5.54. The summed E-state index contributed by atoms with van der Waals surface area (Å²) in [6.07, 6.45) is 27.4. The zero-order valence-corrected chi connectivity index (χ0v) is 18.0. The number of aliphatic hydroxyl groups is 1. The maximum Gasteiger partial charge on any atom is 0.0431 e. The number of carbonyl (C=O) groups is 1. The van der Waals surface area contributed by atoms with Crippen LogP contribution in [0.2, 0.25) is 0 Å². The predicted octanol–water partition coefficient (Wildman–Crippen LogP) is 6.31. The third-order valence-electron chi connectivity index (χ3n) is 5.54. The fraction of sp³-hybridized carbons (Fsp3) is 0.958. The summed E-state index contributed by atoms with van der Waals surface area (Å²) in [5, 5.41) is 19.0. The molecule has 3 nitrogen and oxygen atoms in total. The van der Waals surface area contributed by atoms with Crippen molar-refractivity contribution in [2.45, 2.75) is 141 Å². The highest BCUT2D eigenvalue weighted by Gasteiger charge is 1.96. The molecule has 0 unspecified atom stereocenters. The number of unbranched alkanes of at least 4 members (excludes halogenated alkanes) is 20. The van der Waals surface area contributed by atoms with Gasteiger partial charge in [0.1, 0.15) is 0 Å². The van der Waals surface area contributed by atoms with Crippen molar-refractivity contribution in [3.63, 3.8) is 0 Å². The Morgan fingerprint density at radius 2 is 0.667 bits per heavy atom. The Hall–Kier alpha value is -0.570. The van der Waals surface area contributed by atoms with Crippen LogP contribution >= 0.6 is 0 Å². The largest absolute Gasteiger partial charge is 0.550 e. The van der Waals surface area contributed by atoms with Gasteiger partial charge in [-0.2, -0.15) is 0 Å². The molecular weight excluding hydrogens is 336 g/mol.